The zero-order valence-electron chi connectivity index (χ0n) is 9.64. The van der Waals surface area contributed by atoms with Gasteiger partial charge in [-0.15, -0.1) is 0 Å². The first kappa shape index (κ1) is 11.1. The molecular weight excluding hydrogens is 218 g/mol. The van der Waals surface area contributed by atoms with Crippen LogP contribution in [0.15, 0.2) is 24.7 Å². The van der Waals surface area contributed by atoms with Crippen LogP contribution in [0.25, 0.3) is 5.82 Å². The maximum Gasteiger partial charge on any atom is 0.164 e. The third-order valence-electron chi connectivity index (χ3n) is 2.42. The molecule has 6 nitrogen and oxygen atoms in total. The molecule has 88 valence electrons. The fraction of sp³-hybridized carbons (Fsp3) is 0.182. The molecule has 0 aliphatic carbocycles. The lowest BCUT2D eigenvalue weighted by Gasteiger charge is -2.09. The molecule has 0 unspecified atom stereocenters. The first-order valence-corrected chi connectivity index (χ1v) is 5.02. The van der Waals surface area contributed by atoms with Crippen LogP contribution < -0.4 is 10.5 Å². The van der Waals surface area contributed by atoms with E-state index in [0.717, 1.165) is 5.56 Å². The average Bonchev–Trinajstić information content (AvgIpc) is 2.76. The Balaban J connectivity index is 2.58. The van der Waals surface area contributed by atoms with Crippen molar-refractivity contribution in [3.63, 3.8) is 0 Å². The minimum absolute atomic E-state index is 0.0277. The van der Waals surface area contributed by atoms with Crippen molar-refractivity contribution >= 4 is 5.84 Å². The summed E-state index contributed by atoms with van der Waals surface area (Å²) in [5, 5.41) is 11.7. The zero-order chi connectivity index (χ0) is 12.4. The van der Waals surface area contributed by atoms with E-state index in [1.54, 1.807) is 36.4 Å². The number of hydrogen-bond donors (Lipinski definition) is 2. The van der Waals surface area contributed by atoms with Gasteiger partial charge in [-0.05, 0) is 18.6 Å². The van der Waals surface area contributed by atoms with Gasteiger partial charge in [0.15, 0.2) is 11.6 Å². The van der Waals surface area contributed by atoms with Crippen molar-refractivity contribution in [2.24, 2.45) is 5.73 Å². The molecule has 0 aromatic carbocycles. The number of hydrogen-bond acceptors (Lipinski definition) is 4. The van der Waals surface area contributed by atoms with Crippen molar-refractivity contribution in [2.45, 2.75) is 6.92 Å². The molecule has 0 saturated carbocycles. The maximum absolute atomic E-state index is 7.58. The Morgan fingerprint density at radius 3 is 2.88 bits per heavy atom. The summed E-state index contributed by atoms with van der Waals surface area (Å²) in [6.07, 6.45) is 4.92. The number of nitrogen functional groups attached to an aromatic ring is 1. The average molecular weight is 231 g/mol. The molecule has 2 aromatic rings. The van der Waals surface area contributed by atoms with Gasteiger partial charge in [0, 0.05) is 6.20 Å². The number of nitrogens with two attached hydrogens (primary N) is 1. The highest BCUT2D eigenvalue weighted by atomic mass is 16.5. The van der Waals surface area contributed by atoms with Gasteiger partial charge in [-0.25, -0.2) is 9.67 Å². The number of nitrogens with one attached hydrogen (secondary N) is 1. The first-order valence-electron chi connectivity index (χ1n) is 5.02. The molecule has 0 radical (unpaired) electrons. The lowest BCUT2D eigenvalue weighted by molar-refractivity contribution is 0.414. The Bertz CT molecular complexity index is 561. The number of ether oxygens (including phenoxy) is 1. The molecule has 2 aromatic heterocycles. The van der Waals surface area contributed by atoms with Crippen molar-refractivity contribution < 1.29 is 4.74 Å². The summed E-state index contributed by atoms with van der Waals surface area (Å²) >= 11 is 0. The second-order valence-corrected chi connectivity index (χ2v) is 3.56. The molecule has 17 heavy (non-hydrogen) atoms. The van der Waals surface area contributed by atoms with Gasteiger partial charge in [-0.3, -0.25) is 5.41 Å². The first-order chi connectivity index (χ1) is 8.13. The van der Waals surface area contributed by atoms with Gasteiger partial charge in [-0.1, -0.05) is 0 Å². The highest BCUT2D eigenvalue weighted by Gasteiger charge is 2.12. The molecule has 0 bridgehead atoms. The Morgan fingerprint density at radius 2 is 2.29 bits per heavy atom. The Kier molecular flexibility index (Phi) is 2.78. The van der Waals surface area contributed by atoms with E-state index in [1.807, 2.05) is 6.92 Å². The lowest BCUT2D eigenvalue weighted by atomic mass is 10.1. The maximum atomic E-state index is 7.58. The van der Waals surface area contributed by atoms with Crippen LogP contribution >= 0.6 is 0 Å². The van der Waals surface area contributed by atoms with E-state index in [-0.39, 0.29) is 5.84 Å². The van der Waals surface area contributed by atoms with Crippen molar-refractivity contribution in [2.75, 3.05) is 7.11 Å². The molecule has 0 spiro atoms. The topological polar surface area (TPSA) is 89.8 Å². The molecule has 0 fully saturated rings. The molecule has 0 saturated heterocycles. The van der Waals surface area contributed by atoms with Crippen LogP contribution in [0.3, 0.4) is 0 Å². The number of nitrogens with zero attached hydrogens (tertiary/aromatic N) is 3. The third kappa shape index (κ3) is 1.96. The Labute approximate surface area is 98.5 Å². The summed E-state index contributed by atoms with van der Waals surface area (Å²) < 4.78 is 6.60. The number of methoxy groups -OCH3 is 1. The summed E-state index contributed by atoms with van der Waals surface area (Å²) in [7, 11) is 1.57. The van der Waals surface area contributed by atoms with Crippen molar-refractivity contribution in [3.8, 4) is 11.6 Å². The largest absolute Gasteiger partial charge is 0.493 e. The molecular formula is C11H13N5O. The summed E-state index contributed by atoms with van der Waals surface area (Å²) in [6, 6.07) is 1.81. The van der Waals surface area contributed by atoms with Gasteiger partial charge in [0.2, 0.25) is 0 Å². The minimum atomic E-state index is -0.0277. The van der Waals surface area contributed by atoms with Crippen LogP contribution in [0.5, 0.6) is 5.75 Å². The Morgan fingerprint density at radius 1 is 1.53 bits per heavy atom. The molecule has 0 aliphatic heterocycles. The predicted molar refractivity (Wildman–Crippen MR) is 63.7 cm³/mol. The number of pyridine rings is 1. The normalized spacial score (nSPS) is 10.2. The SMILES string of the molecule is COc1cnn(-c2nccc(C)c2C(=N)N)c1. The summed E-state index contributed by atoms with van der Waals surface area (Å²) in [5.41, 5.74) is 7.03. The molecule has 0 amide bonds. The standard InChI is InChI=1S/C11H13N5O/c1-7-3-4-14-11(9(7)10(12)13)16-6-8(17-2)5-15-16/h3-6H,1-2H3,(H3,12,13). The fourth-order valence-electron chi connectivity index (χ4n) is 1.58. The molecule has 2 heterocycles. The van der Waals surface area contributed by atoms with Crippen molar-refractivity contribution in [1.82, 2.24) is 14.8 Å². The second kappa shape index (κ2) is 4.25. The summed E-state index contributed by atoms with van der Waals surface area (Å²) in [6.45, 7) is 1.88. The fourth-order valence-corrected chi connectivity index (χ4v) is 1.58. The van der Waals surface area contributed by atoms with E-state index in [0.29, 0.717) is 17.1 Å². The van der Waals surface area contributed by atoms with E-state index >= 15 is 0 Å². The number of amidine groups is 1. The Hall–Kier alpha value is -2.37. The van der Waals surface area contributed by atoms with Crippen LogP contribution in [0, 0.1) is 12.3 Å². The van der Waals surface area contributed by atoms with Crippen LogP contribution in [0.2, 0.25) is 0 Å². The van der Waals surface area contributed by atoms with E-state index in [9.17, 15) is 0 Å². The van der Waals surface area contributed by atoms with Crippen LogP contribution in [0.1, 0.15) is 11.1 Å². The van der Waals surface area contributed by atoms with Crippen molar-refractivity contribution in [1.29, 1.82) is 5.41 Å². The number of aryl methyl sites for hydroxylation is 1. The van der Waals surface area contributed by atoms with E-state index < -0.39 is 0 Å². The van der Waals surface area contributed by atoms with Gasteiger partial charge in [0.1, 0.15) is 5.84 Å². The quantitative estimate of drug-likeness (QED) is 0.605. The highest BCUT2D eigenvalue weighted by molar-refractivity contribution is 5.99. The van der Waals surface area contributed by atoms with Crippen LogP contribution in [-0.4, -0.2) is 27.7 Å². The van der Waals surface area contributed by atoms with Gasteiger partial charge >= 0.3 is 0 Å². The van der Waals surface area contributed by atoms with Gasteiger partial charge in [0.05, 0.1) is 25.1 Å². The van der Waals surface area contributed by atoms with Crippen LogP contribution in [0.4, 0.5) is 0 Å². The lowest BCUT2D eigenvalue weighted by Crippen LogP contribution is -2.17. The van der Waals surface area contributed by atoms with Gasteiger partial charge < -0.3 is 10.5 Å². The highest BCUT2D eigenvalue weighted by Crippen LogP contribution is 2.17. The van der Waals surface area contributed by atoms with E-state index in [4.69, 9.17) is 15.9 Å². The third-order valence-corrected chi connectivity index (χ3v) is 2.42. The molecule has 2 rings (SSSR count). The zero-order valence-corrected chi connectivity index (χ0v) is 9.64. The van der Waals surface area contributed by atoms with Crippen molar-refractivity contribution in [3.05, 3.63) is 35.8 Å². The monoisotopic (exact) mass is 231 g/mol. The number of aromatic nitrogens is 3. The van der Waals surface area contributed by atoms with Crippen LogP contribution in [-0.2, 0) is 0 Å². The van der Waals surface area contributed by atoms with Gasteiger partial charge in [-0.2, -0.15) is 5.10 Å². The second-order valence-electron chi connectivity index (χ2n) is 3.56. The number of rotatable bonds is 3. The minimum Gasteiger partial charge on any atom is -0.493 e. The smallest absolute Gasteiger partial charge is 0.164 e. The molecule has 3 N–H and O–H groups in total. The molecule has 0 atom stereocenters. The van der Waals surface area contributed by atoms with Gasteiger partial charge in [0.25, 0.3) is 0 Å². The molecule has 0 aliphatic rings. The summed E-state index contributed by atoms with van der Waals surface area (Å²) in [5.74, 6) is 1.13. The van der Waals surface area contributed by atoms with E-state index in [2.05, 4.69) is 10.1 Å². The van der Waals surface area contributed by atoms with E-state index in [1.165, 1.54) is 0 Å². The molecule has 6 heteroatoms. The predicted octanol–water partition coefficient (Wildman–Crippen LogP) is 0.868. The summed E-state index contributed by atoms with van der Waals surface area (Å²) in [4.78, 5) is 4.20.